The molecule has 4 rings (SSSR count). The minimum atomic E-state index is -0.721. The van der Waals surface area contributed by atoms with Gasteiger partial charge in [0, 0.05) is 51.6 Å². The van der Waals surface area contributed by atoms with Gasteiger partial charge in [0.05, 0.1) is 42.4 Å². The Morgan fingerprint density at radius 1 is 1.21 bits per heavy atom. The molecule has 4 heterocycles. The summed E-state index contributed by atoms with van der Waals surface area (Å²) in [6, 6.07) is -1.22. The summed E-state index contributed by atoms with van der Waals surface area (Å²) in [5.74, 6) is -1.42. The third-order valence-corrected chi connectivity index (χ3v) is 10.8. The molecule has 1 spiro atoms. The summed E-state index contributed by atoms with van der Waals surface area (Å²) >= 11 is 1.67. The number of carbonyl (C=O) groups is 3. The number of aliphatic hydroxyl groups excluding tert-OH is 1. The molecule has 0 saturated carbocycles. The van der Waals surface area contributed by atoms with Gasteiger partial charge in [0.1, 0.15) is 6.04 Å². The van der Waals surface area contributed by atoms with E-state index in [0.29, 0.717) is 39.3 Å². The van der Waals surface area contributed by atoms with Crippen LogP contribution in [0.3, 0.4) is 0 Å². The van der Waals surface area contributed by atoms with Crippen molar-refractivity contribution in [3.63, 3.8) is 0 Å². The van der Waals surface area contributed by atoms with Gasteiger partial charge in [-0.15, -0.1) is 24.9 Å². The monoisotopic (exact) mass is 548 g/mol. The predicted octanol–water partition coefficient (Wildman–Crippen LogP) is 1.09. The summed E-state index contributed by atoms with van der Waals surface area (Å²) in [6.45, 7) is 16.4. The van der Waals surface area contributed by atoms with Gasteiger partial charge in [0.25, 0.3) is 0 Å². The molecule has 0 aromatic heterocycles. The van der Waals surface area contributed by atoms with Crippen LogP contribution in [0.4, 0.5) is 0 Å². The number of aliphatic hydroxyl groups is 1. The first-order valence-corrected chi connectivity index (χ1v) is 14.8. The van der Waals surface area contributed by atoms with E-state index < -0.39 is 28.7 Å². The average Bonchev–Trinajstić information content (AvgIpc) is 3.54. The van der Waals surface area contributed by atoms with Crippen molar-refractivity contribution in [3.05, 3.63) is 25.3 Å². The van der Waals surface area contributed by atoms with E-state index in [1.165, 1.54) is 0 Å². The molecule has 38 heavy (non-hydrogen) atoms. The van der Waals surface area contributed by atoms with Crippen LogP contribution in [0.15, 0.2) is 25.3 Å². The minimum absolute atomic E-state index is 0.00833. The molecule has 4 aliphatic heterocycles. The highest BCUT2D eigenvalue weighted by Crippen LogP contribution is 2.67. The molecule has 212 valence electrons. The van der Waals surface area contributed by atoms with Gasteiger partial charge < -0.3 is 24.5 Å². The van der Waals surface area contributed by atoms with Gasteiger partial charge in [-0.2, -0.15) is 0 Å². The number of nitrogens with zero attached hydrogens (tertiary/aromatic N) is 4. The van der Waals surface area contributed by atoms with Crippen LogP contribution >= 0.6 is 11.8 Å². The molecule has 10 heteroatoms. The van der Waals surface area contributed by atoms with Crippen molar-refractivity contribution in [2.45, 2.75) is 48.8 Å². The molecule has 0 aromatic rings. The molecule has 0 aromatic carbocycles. The maximum atomic E-state index is 14.5. The highest BCUT2D eigenvalue weighted by Gasteiger charge is 2.74. The van der Waals surface area contributed by atoms with Crippen LogP contribution < -0.4 is 0 Å². The summed E-state index contributed by atoms with van der Waals surface area (Å²) in [5, 5.41) is 10.4. The van der Waals surface area contributed by atoms with Crippen molar-refractivity contribution in [2.75, 3.05) is 66.1 Å². The van der Waals surface area contributed by atoms with Crippen LogP contribution in [0.2, 0.25) is 0 Å². The van der Waals surface area contributed by atoms with Gasteiger partial charge in [-0.1, -0.05) is 26.0 Å². The van der Waals surface area contributed by atoms with Crippen molar-refractivity contribution < 1.29 is 24.2 Å². The molecule has 2 unspecified atom stereocenters. The molecule has 9 nitrogen and oxygen atoms in total. The molecule has 1 N–H and O–H groups in total. The standard InChI is InChI=1S/C28H44N4O5S/c1-6-10-29(5)25(34)22-21-8-9-28(38-21)23(22)26(35)32(20(18-33)19(3)4)24(28)27(36)31(11-7-2)13-12-30-14-16-37-17-15-30/h6-7,19-24,33H,1-2,8-18H2,3-5H3/t20-,21-,22+,23-,24?,28?/m0/s1. The highest BCUT2D eigenvalue weighted by molar-refractivity contribution is 8.02. The largest absolute Gasteiger partial charge is 0.394 e. The summed E-state index contributed by atoms with van der Waals surface area (Å²) < 4.78 is 4.79. The number of amides is 3. The van der Waals surface area contributed by atoms with Gasteiger partial charge in [-0.3, -0.25) is 19.3 Å². The number of hydrogen-bond acceptors (Lipinski definition) is 7. The zero-order valence-electron chi connectivity index (χ0n) is 23.1. The Balaban J connectivity index is 1.69. The summed E-state index contributed by atoms with van der Waals surface area (Å²) in [5.41, 5.74) is 0. The molecular weight excluding hydrogens is 504 g/mol. The number of carbonyl (C=O) groups excluding carboxylic acids is 3. The van der Waals surface area contributed by atoms with E-state index in [1.807, 2.05) is 18.7 Å². The van der Waals surface area contributed by atoms with Gasteiger partial charge in [-0.05, 0) is 18.8 Å². The lowest BCUT2D eigenvalue weighted by Crippen LogP contribution is -2.59. The van der Waals surface area contributed by atoms with Crippen molar-refractivity contribution >= 4 is 29.5 Å². The maximum Gasteiger partial charge on any atom is 0.247 e. The summed E-state index contributed by atoms with van der Waals surface area (Å²) in [7, 11) is 1.75. The number of likely N-dealkylation sites (tertiary alicyclic amines) is 1. The Bertz CT molecular complexity index is 925. The zero-order valence-corrected chi connectivity index (χ0v) is 23.9. The van der Waals surface area contributed by atoms with E-state index in [1.54, 1.807) is 40.8 Å². The number of fused-ring (bicyclic) bond motifs is 1. The molecule has 4 saturated heterocycles. The van der Waals surface area contributed by atoms with Gasteiger partial charge >= 0.3 is 0 Å². The molecule has 0 aliphatic carbocycles. The predicted molar refractivity (Wildman–Crippen MR) is 149 cm³/mol. The lowest BCUT2D eigenvalue weighted by atomic mass is 9.70. The lowest BCUT2D eigenvalue weighted by molar-refractivity contribution is -0.147. The molecule has 2 bridgehead atoms. The Hall–Kier alpha value is -1.88. The van der Waals surface area contributed by atoms with E-state index in [0.717, 1.165) is 26.1 Å². The molecule has 3 amide bonds. The maximum absolute atomic E-state index is 14.5. The van der Waals surface area contributed by atoms with Crippen LogP contribution in [0, 0.1) is 17.8 Å². The van der Waals surface area contributed by atoms with E-state index in [-0.39, 0.29) is 35.5 Å². The first kappa shape index (κ1) is 29.1. The Kier molecular flexibility index (Phi) is 9.27. The van der Waals surface area contributed by atoms with Crippen molar-refractivity contribution in [1.82, 2.24) is 19.6 Å². The molecule has 0 radical (unpaired) electrons. The van der Waals surface area contributed by atoms with Crippen molar-refractivity contribution in [3.8, 4) is 0 Å². The van der Waals surface area contributed by atoms with Crippen LogP contribution in [0.1, 0.15) is 26.7 Å². The second-order valence-electron chi connectivity index (χ2n) is 11.3. The first-order valence-electron chi connectivity index (χ1n) is 13.9. The van der Waals surface area contributed by atoms with Crippen LogP contribution in [0.25, 0.3) is 0 Å². The second-order valence-corrected chi connectivity index (χ2v) is 12.9. The Morgan fingerprint density at radius 3 is 2.50 bits per heavy atom. The zero-order chi connectivity index (χ0) is 27.6. The van der Waals surface area contributed by atoms with Gasteiger partial charge in [0.15, 0.2) is 0 Å². The van der Waals surface area contributed by atoms with Crippen molar-refractivity contribution in [2.24, 2.45) is 17.8 Å². The fourth-order valence-electron chi connectivity index (χ4n) is 6.87. The topological polar surface area (TPSA) is 93.6 Å². The quantitative estimate of drug-likeness (QED) is 0.365. The fraction of sp³-hybridized carbons (Fsp3) is 0.750. The highest BCUT2D eigenvalue weighted by atomic mass is 32.2. The normalized spacial score (nSPS) is 31.4. The van der Waals surface area contributed by atoms with Crippen LogP contribution in [-0.4, -0.2) is 131 Å². The summed E-state index contributed by atoms with van der Waals surface area (Å²) in [4.78, 5) is 49.8. The third-order valence-electron chi connectivity index (χ3n) is 8.80. The number of likely N-dealkylation sites (N-methyl/N-ethyl adjacent to an activating group) is 1. The minimum Gasteiger partial charge on any atom is -0.394 e. The van der Waals surface area contributed by atoms with Crippen molar-refractivity contribution in [1.29, 1.82) is 0 Å². The molecule has 6 atom stereocenters. The first-order chi connectivity index (χ1) is 18.2. The molecular formula is C28H44N4O5S. The Labute approximate surface area is 231 Å². The average molecular weight is 549 g/mol. The number of hydrogen-bond donors (Lipinski definition) is 1. The summed E-state index contributed by atoms with van der Waals surface area (Å²) in [6.07, 6.45) is 4.92. The SMILES string of the molecule is C=CCN(C)C(=O)[C@@H]1[C@@H]2CCC3(S2)C(C(=O)N(CC=C)CCN2CCOCC2)N([C@@H](CO)C(C)C)C(=O)[C@H]13. The third kappa shape index (κ3) is 5.05. The second kappa shape index (κ2) is 12.1. The van der Waals surface area contributed by atoms with E-state index in [2.05, 4.69) is 18.1 Å². The van der Waals surface area contributed by atoms with Gasteiger partial charge in [0.2, 0.25) is 17.7 Å². The fourth-order valence-corrected chi connectivity index (χ4v) is 9.07. The van der Waals surface area contributed by atoms with Gasteiger partial charge in [-0.25, -0.2) is 0 Å². The van der Waals surface area contributed by atoms with E-state index >= 15 is 0 Å². The number of morpholine rings is 1. The van der Waals surface area contributed by atoms with Crippen LogP contribution in [-0.2, 0) is 19.1 Å². The lowest BCUT2D eigenvalue weighted by Gasteiger charge is -2.41. The van der Waals surface area contributed by atoms with Crippen LogP contribution in [0.5, 0.6) is 0 Å². The number of rotatable bonds is 12. The number of thioether (sulfide) groups is 1. The van der Waals surface area contributed by atoms with E-state index in [9.17, 15) is 19.5 Å². The smallest absolute Gasteiger partial charge is 0.247 e. The molecule has 4 aliphatic rings. The molecule has 4 fully saturated rings. The van der Waals surface area contributed by atoms with E-state index in [4.69, 9.17) is 4.74 Å². The number of ether oxygens (including phenoxy) is 1. The Morgan fingerprint density at radius 2 is 1.89 bits per heavy atom.